The molecule has 0 radical (unpaired) electrons. The third kappa shape index (κ3) is 3.72. The maximum absolute atomic E-state index is 13.0. The molecule has 1 aromatic heterocycles. The zero-order chi connectivity index (χ0) is 21.4. The molecule has 0 N–H and O–H groups in total. The summed E-state index contributed by atoms with van der Waals surface area (Å²) < 4.78 is 13.9. The Morgan fingerprint density at radius 3 is 2.29 bits per heavy atom. The number of nitrogens with zero attached hydrogens (tertiary/aromatic N) is 2. The third-order valence-corrected chi connectivity index (χ3v) is 6.97. The van der Waals surface area contributed by atoms with E-state index in [0.29, 0.717) is 11.1 Å². The first kappa shape index (κ1) is 20.1. The fraction of sp³-hybridized carbons (Fsp3) is 0.423. The van der Waals surface area contributed by atoms with Gasteiger partial charge in [-0.15, -0.1) is 0 Å². The zero-order valence-corrected chi connectivity index (χ0v) is 18.3. The number of ether oxygens (including phenoxy) is 2. The molecule has 0 atom stereocenters. The molecule has 31 heavy (non-hydrogen) atoms. The minimum atomic E-state index is -0.0789. The monoisotopic (exact) mass is 418 g/mol. The predicted octanol–water partition coefficient (Wildman–Crippen LogP) is 4.61. The first-order valence-corrected chi connectivity index (χ1v) is 11.3. The van der Waals surface area contributed by atoms with Gasteiger partial charge in [0.15, 0.2) is 5.75 Å². The Morgan fingerprint density at radius 1 is 0.935 bits per heavy atom. The number of aromatic nitrogens is 1. The maximum Gasteiger partial charge on any atom is 0.231 e. The smallest absolute Gasteiger partial charge is 0.231 e. The van der Waals surface area contributed by atoms with E-state index in [1.807, 2.05) is 60.1 Å². The van der Waals surface area contributed by atoms with Gasteiger partial charge in [0, 0.05) is 37.1 Å². The summed E-state index contributed by atoms with van der Waals surface area (Å²) in [6, 6.07) is 16.5. The summed E-state index contributed by atoms with van der Waals surface area (Å²) in [4.78, 5) is 15.6. The molecule has 2 aromatic carbocycles. The number of aryl methyl sites for hydroxylation is 1. The number of fused-ring (bicyclic) bond motifs is 1. The van der Waals surface area contributed by atoms with E-state index in [1.54, 1.807) is 7.11 Å². The second kappa shape index (κ2) is 8.39. The number of rotatable bonds is 5. The van der Waals surface area contributed by atoms with E-state index in [4.69, 9.17) is 9.47 Å². The van der Waals surface area contributed by atoms with Crippen LogP contribution in [0.25, 0.3) is 22.2 Å². The van der Waals surface area contributed by atoms with Crippen molar-refractivity contribution in [2.24, 2.45) is 7.05 Å². The Labute approximate surface area is 183 Å². The molecule has 0 spiro atoms. The van der Waals surface area contributed by atoms with Crippen molar-refractivity contribution in [1.29, 1.82) is 0 Å². The molecule has 5 heteroatoms. The minimum absolute atomic E-state index is 0.0789. The van der Waals surface area contributed by atoms with Crippen LogP contribution < -0.4 is 14.9 Å². The van der Waals surface area contributed by atoms with Crippen LogP contribution in [0.3, 0.4) is 0 Å². The second-order valence-corrected chi connectivity index (χ2v) is 8.75. The lowest BCUT2D eigenvalue weighted by Gasteiger charge is -2.41. The summed E-state index contributed by atoms with van der Waals surface area (Å²) in [6.45, 7) is 2.29. The van der Waals surface area contributed by atoms with Crippen LogP contribution in [0.4, 0.5) is 0 Å². The fourth-order valence-electron chi connectivity index (χ4n) is 4.97. The standard InChI is InChI=1S/C26H30N2O3/c1-27-23-9-4-3-8-22(23)25(29)26(30-2)24(27)18-10-12-20(13-11-18)31-21-14-16-28(17-15-21)19-6-5-7-19/h3-4,8-13,19,21H,5-7,14-17H2,1-2H3. The van der Waals surface area contributed by atoms with E-state index in [9.17, 15) is 4.79 Å². The number of methoxy groups -OCH3 is 1. The van der Waals surface area contributed by atoms with Gasteiger partial charge in [0.05, 0.1) is 18.3 Å². The summed E-state index contributed by atoms with van der Waals surface area (Å²) in [5.41, 5.74) is 2.53. The molecule has 2 heterocycles. The maximum atomic E-state index is 13.0. The Balaban J connectivity index is 1.36. The molecule has 1 saturated carbocycles. The van der Waals surface area contributed by atoms with Gasteiger partial charge in [0.1, 0.15) is 11.9 Å². The highest BCUT2D eigenvalue weighted by Gasteiger charge is 2.29. The van der Waals surface area contributed by atoms with Gasteiger partial charge in [-0.3, -0.25) is 4.79 Å². The van der Waals surface area contributed by atoms with Gasteiger partial charge in [-0.05, 0) is 62.1 Å². The molecule has 3 aromatic rings. The Kier molecular flexibility index (Phi) is 5.45. The van der Waals surface area contributed by atoms with E-state index >= 15 is 0 Å². The molecular weight excluding hydrogens is 388 g/mol. The summed E-state index contributed by atoms with van der Waals surface area (Å²) in [7, 11) is 3.53. The molecule has 0 amide bonds. The molecule has 1 saturated heterocycles. The molecule has 0 bridgehead atoms. The number of para-hydroxylation sites is 1. The number of likely N-dealkylation sites (tertiary alicyclic amines) is 1. The van der Waals surface area contributed by atoms with E-state index in [-0.39, 0.29) is 11.5 Å². The Hall–Kier alpha value is -2.79. The summed E-state index contributed by atoms with van der Waals surface area (Å²) in [5.74, 6) is 1.26. The Morgan fingerprint density at radius 2 is 1.65 bits per heavy atom. The molecular formula is C26H30N2O3. The second-order valence-electron chi connectivity index (χ2n) is 8.75. The van der Waals surface area contributed by atoms with E-state index in [0.717, 1.165) is 54.5 Å². The lowest BCUT2D eigenvalue weighted by molar-refractivity contribution is 0.0493. The van der Waals surface area contributed by atoms with Crippen LogP contribution in [-0.4, -0.2) is 41.8 Å². The van der Waals surface area contributed by atoms with Gasteiger partial charge < -0.3 is 18.9 Å². The highest BCUT2D eigenvalue weighted by molar-refractivity contribution is 5.85. The van der Waals surface area contributed by atoms with Crippen LogP contribution in [0, 0.1) is 0 Å². The Bertz CT molecular complexity index is 1120. The van der Waals surface area contributed by atoms with Crippen molar-refractivity contribution >= 4 is 10.9 Å². The van der Waals surface area contributed by atoms with Gasteiger partial charge in [-0.25, -0.2) is 0 Å². The molecule has 162 valence electrons. The molecule has 2 aliphatic rings. The van der Waals surface area contributed by atoms with Crippen LogP contribution in [0.1, 0.15) is 32.1 Å². The van der Waals surface area contributed by atoms with E-state index in [1.165, 1.54) is 19.3 Å². The summed E-state index contributed by atoms with van der Waals surface area (Å²) in [6.07, 6.45) is 6.58. The number of hydrogen-bond acceptors (Lipinski definition) is 4. The molecule has 2 fully saturated rings. The normalized spacial score (nSPS) is 18.1. The number of piperidine rings is 1. The van der Waals surface area contributed by atoms with E-state index < -0.39 is 0 Å². The summed E-state index contributed by atoms with van der Waals surface area (Å²) in [5, 5.41) is 0.666. The van der Waals surface area contributed by atoms with E-state index in [2.05, 4.69) is 4.90 Å². The average molecular weight is 419 g/mol. The fourth-order valence-corrected chi connectivity index (χ4v) is 4.97. The molecule has 1 aliphatic heterocycles. The zero-order valence-electron chi connectivity index (χ0n) is 18.3. The topological polar surface area (TPSA) is 43.7 Å². The van der Waals surface area contributed by atoms with Gasteiger partial charge in [0.2, 0.25) is 5.43 Å². The van der Waals surface area contributed by atoms with Crippen LogP contribution in [0.5, 0.6) is 11.5 Å². The lowest BCUT2D eigenvalue weighted by Crippen LogP contribution is -2.46. The van der Waals surface area contributed by atoms with Crippen molar-refractivity contribution in [2.45, 2.75) is 44.2 Å². The predicted molar refractivity (Wildman–Crippen MR) is 124 cm³/mol. The van der Waals surface area contributed by atoms with Gasteiger partial charge in [-0.2, -0.15) is 0 Å². The first-order valence-electron chi connectivity index (χ1n) is 11.3. The molecule has 0 unspecified atom stereocenters. The number of benzene rings is 2. The quantitative estimate of drug-likeness (QED) is 0.607. The first-order chi connectivity index (χ1) is 15.2. The van der Waals surface area contributed by atoms with Crippen LogP contribution in [0.2, 0.25) is 0 Å². The van der Waals surface area contributed by atoms with Crippen LogP contribution in [0.15, 0.2) is 53.3 Å². The number of pyridine rings is 1. The lowest BCUT2D eigenvalue weighted by atomic mass is 9.90. The van der Waals surface area contributed by atoms with Crippen molar-refractivity contribution in [3.05, 3.63) is 58.8 Å². The van der Waals surface area contributed by atoms with Gasteiger partial charge in [0.25, 0.3) is 0 Å². The van der Waals surface area contributed by atoms with Crippen molar-refractivity contribution in [3.63, 3.8) is 0 Å². The van der Waals surface area contributed by atoms with Crippen molar-refractivity contribution < 1.29 is 9.47 Å². The minimum Gasteiger partial charge on any atom is -0.491 e. The van der Waals surface area contributed by atoms with Gasteiger partial charge >= 0.3 is 0 Å². The highest BCUT2D eigenvalue weighted by atomic mass is 16.5. The number of hydrogen-bond donors (Lipinski definition) is 0. The van der Waals surface area contributed by atoms with Crippen molar-refractivity contribution in [1.82, 2.24) is 9.47 Å². The molecule has 5 nitrogen and oxygen atoms in total. The van der Waals surface area contributed by atoms with Crippen LogP contribution >= 0.6 is 0 Å². The largest absolute Gasteiger partial charge is 0.491 e. The van der Waals surface area contributed by atoms with Crippen molar-refractivity contribution in [3.8, 4) is 22.8 Å². The molecule has 1 aliphatic carbocycles. The molecule has 5 rings (SSSR count). The SMILES string of the molecule is COc1c(-c2ccc(OC3CCN(C4CCC4)CC3)cc2)n(C)c2ccccc2c1=O. The average Bonchev–Trinajstić information content (AvgIpc) is 2.77. The van der Waals surface area contributed by atoms with Gasteiger partial charge in [-0.1, -0.05) is 18.6 Å². The van der Waals surface area contributed by atoms with Crippen molar-refractivity contribution in [2.75, 3.05) is 20.2 Å². The summed E-state index contributed by atoms with van der Waals surface area (Å²) >= 11 is 0. The van der Waals surface area contributed by atoms with Crippen LogP contribution in [-0.2, 0) is 7.05 Å². The highest BCUT2D eigenvalue weighted by Crippen LogP contribution is 2.32. The third-order valence-electron chi connectivity index (χ3n) is 6.97.